The number of hydrogen-bond acceptors (Lipinski definition) is 4. The highest BCUT2D eigenvalue weighted by Gasteiger charge is 2.37. The minimum absolute atomic E-state index is 0.208. The van der Waals surface area contributed by atoms with Crippen molar-refractivity contribution < 1.29 is 9.47 Å². The van der Waals surface area contributed by atoms with Crippen LogP contribution in [0.2, 0.25) is 0 Å². The van der Waals surface area contributed by atoms with Gasteiger partial charge in [0.1, 0.15) is 11.5 Å². The maximum atomic E-state index is 5.89. The molecular formula is C13H19NO2S. The van der Waals surface area contributed by atoms with Gasteiger partial charge >= 0.3 is 0 Å². The van der Waals surface area contributed by atoms with Crippen molar-refractivity contribution in [1.82, 2.24) is 0 Å². The van der Waals surface area contributed by atoms with Gasteiger partial charge in [0.2, 0.25) is 0 Å². The van der Waals surface area contributed by atoms with Crippen LogP contribution in [0.25, 0.3) is 0 Å². The number of nitrogens with two attached hydrogens (primary N) is 1. The zero-order valence-electron chi connectivity index (χ0n) is 10.4. The van der Waals surface area contributed by atoms with Crippen LogP contribution >= 0.6 is 11.8 Å². The van der Waals surface area contributed by atoms with E-state index in [-0.39, 0.29) is 4.75 Å². The number of benzene rings is 1. The third kappa shape index (κ3) is 2.53. The lowest BCUT2D eigenvalue weighted by atomic mass is 9.84. The Labute approximate surface area is 107 Å². The lowest BCUT2D eigenvalue weighted by Gasteiger charge is -2.40. The summed E-state index contributed by atoms with van der Waals surface area (Å²) < 4.78 is 10.8. The van der Waals surface area contributed by atoms with Gasteiger partial charge in [0.15, 0.2) is 0 Å². The Morgan fingerprint density at radius 2 is 2.06 bits per heavy atom. The van der Waals surface area contributed by atoms with E-state index in [0.29, 0.717) is 0 Å². The Bertz CT molecular complexity index is 385. The van der Waals surface area contributed by atoms with Crippen molar-refractivity contribution >= 4 is 11.8 Å². The van der Waals surface area contributed by atoms with Gasteiger partial charge in [-0.05, 0) is 31.0 Å². The largest absolute Gasteiger partial charge is 0.497 e. The molecule has 2 N–H and O–H groups in total. The van der Waals surface area contributed by atoms with Crippen molar-refractivity contribution in [2.75, 3.05) is 20.8 Å². The molecule has 1 saturated carbocycles. The molecule has 0 unspecified atom stereocenters. The minimum Gasteiger partial charge on any atom is -0.497 e. The van der Waals surface area contributed by atoms with Crippen molar-refractivity contribution in [3.05, 3.63) is 18.2 Å². The smallest absolute Gasteiger partial charge is 0.132 e. The van der Waals surface area contributed by atoms with E-state index in [1.165, 1.54) is 19.3 Å². The van der Waals surface area contributed by atoms with Crippen molar-refractivity contribution in [2.24, 2.45) is 5.73 Å². The lowest BCUT2D eigenvalue weighted by Crippen LogP contribution is -2.40. The second kappa shape index (κ2) is 5.19. The summed E-state index contributed by atoms with van der Waals surface area (Å²) in [5.41, 5.74) is 5.89. The number of rotatable bonds is 5. The number of ether oxygens (including phenoxy) is 2. The molecule has 17 heavy (non-hydrogen) atoms. The van der Waals surface area contributed by atoms with Crippen molar-refractivity contribution in [1.29, 1.82) is 0 Å². The summed E-state index contributed by atoms with van der Waals surface area (Å²) in [6.45, 7) is 0.720. The summed E-state index contributed by atoms with van der Waals surface area (Å²) in [6, 6.07) is 5.89. The van der Waals surface area contributed by atoms with E-state index in [0.717, 1.165) is 22.9 Å². The van der Waals surface area contributed by atoms with E-state index in [1.54, 1.807) is 14.2 Å². The molecule has 2 rings (SSSR count). The highest BCUT2D eigenvalue weighted by atomic mass is 32.2. The van der Waals surface area contributed by atoms with Crippen LogP contribution in [0, 0.1) is 0 Å². The second-order valence-corrected chi connectivity index (χ2v) is 5.87. The molecule has 0 bridgehead atoms. The molecule has 0 aliphatic heterocycles. The van der Waals surface area contributed by atoms with E-state index >= 15 is 0 Å². The predicted octanol–water partition coefficient (Wildman–Crippen LogP) is 2.68. The van der Waals surface area contributed by atoms with Gasteiger partial charge in [0.05, 0.1) is 19.1 Å². The fourth-order valence-corrected chi connectivity index (χ4v) is 3.49. The van der Waals surface area contributed by atoms with Crippen LogP contribution < -0.4 is 15.2 Å². The SMILES string of the molecule is COc1ccc(OC)c(SC2(CN)CCC2)c1. The molecule has 1 aromatic carbocycles. The van der Waals surface area contributed by atoms with E-state index in [2.05, 4.69) is 0 Å². The Morgan fingerprint density at radius 3 is 2.53 bits per heavy atom. The first-order valence-corrected chi connectivity index (χ1v) is 6.66. The normalized spacial score (nSPS) is 17.4. The molecular weight excluding hydrogens is 234 g/mol. The highest BCUT2D eigenvalue weighted by Crippen LogP contribution is 2.49. The molecule has 0 aromatic heterocycles. The summed E-state index contributed by atoms with van der Waals surface area (Å²) in [6.07, 6.45) is 3.65. The fourth-order valence-electron chi connectivity index (χ4n) is 2.02. The van der Waals surface area contributed by atoms with Crippen LogP contribution in [0.15, 0.2) is 23.1 Å². The standard InChI is InChI=1S/C13H19NO2S/c1-15-10-4-5-11(16-2)12(8-10)17-13(9-14)6-3-7-13/h4-5,8H,3,6-7,9,14H2,1-2H3. The number of hydrogen-bond donors (Lipinski definition) is 1. The molecule has 1 aliphatic rings. The number of methoxy groups -OCH3 is 2. The van der Waals surface area contributed by atoms with Crippen LogP contribution in [0.5, 0.6) is 11.5 Å². The quantitative estimate of drug-likeness (QED) is 0.876. The number of thioether (sulfide) groups is 1. The topological polar surface area (TPSA) is 44.5 Å². The van der Waals surface area contributed by atoms with Gasteiger partial charge < -0.3 is 15.2 Å². The lowest BCUT2D eigenvalue weighted by molar-refractivity contribution is 0.367. The molecule has 0 heterocycles. The van der Waals surface area contributed by atoms with Gasteiger partial charge in [0.25, 0.3) is 0 Å². The van der Waals surface area contributed by atoms with Crippen LogP contribution in [-0.4, -0.2) is 25.5 Å². The molecule has 94 valence electrons. The van der Waals surface area contributed by atoms with Gasteiger partial charge in [-0.1, -0.05) is 6.42 Å². The first kappa shape index (κ1) is 12.6. The Balaban J connectivity index is 2.23. The van der Waals surface area contributed by atoms with Gasteiger partial charge in [0, 0.05) is 11.3 Å². The first-order chi connectivity index (χ1) is 8.23. The molecule has 1 fully saturated rings. The van der Waals surface area contributed by atoms with Crippen LogP contribution in [0.1, 0.15) is 19.3 Å². The maximum Gasteiger partial charge on any atom is 0.132 e. The Morgan fingerprint density at radius 1 is 1.29 bits per heavy atom. The molecule has 0 atom stereocenters. The molecule has 1 aliphatic carbocycles. The molecule has 1 aromatic rings. The second-order valence-electron chi connectivity index (χ2n) is 4.36. The summed E-state index contributed by atoms with van der Waals surface area (Å²) in [4.78, 5) is 1.12. The summed E-state index contributed by atoms with van der Waals surface area (Å²) >= 11 is 1.83. The molecule has 0 radical (unpaired) electrons. The van der Waals surface area contributed by atoms with E-state index in [4.69, 9.17) is 15.2 Å². The maximum absolute atomic E-state index is 5.89. The molecule has 3 nitrogen and oxygen atoms in total. The van der Waals surface area contributed by atoms with E-state index in [1.807, 2.05) is 30.0 Å². The average molecular weight is 253 g/mol. The third-order valence-corrected chi connectivity index (χ3v) is 4.88. The van der Waals surface area contributed by atoms with Crippen molar-refractivity contribution in [3.8, 4) is 11.5 Å². The molecule has 0 amide bonds. The predicted molar refractivity (Wildman–Crippen MR) is 71.0 cm³/mol. The van der Waals surface area contributed by atoms with E-state index in [9.17, 15) is 0 Å². The zero-order valence-corrected chi connectivity index (χ0v) is 11.2. The molecule has 0 saturated heterocycles. The monoisotopic (exact) mass is 253 g/mol. The van der Waals surface area contributed by atoms with Crippen molar-refractivity contribution in [3.63, 3.8) is 0 Å². The average Bonchev–Trinajstić information content (AvgIpc) is 2.33. The summed E-state index contributed by atoms with van der Waals surface area (Å²) in [5.74, 6) is 1.76. The van der Waals surface area contributed by atoms with Gasteiger partial charge in [-0.2, -0.15) is 0 Å². The van der Waals surface area contributed by atoms with Crippen molar-refractivity contribution in [2.45, 2.75) is 28.9 Å². The third-order valence-electron chi connectivity index (χ3n) is 3.33. The Kier molecular flexibility index (Phi) is 3.84. The summed E-state index contributed by atoms with van der Waals surface area (Å²) in [5, 5.41) is 0. The van der Waals surface area contributed by atoms with Crippen LogP contribution in [-0.2, 0) is 0 Å². The molecule has 0 spiro atoms. The first-order valence-electron chi connectivity index (χ1n) is 5.84. The Hall–Kier alpha value is -0.870. The van der Waals surface area contributed by atoms with Gasteiger partial charge in [-0.15, -0.1) is 11.8 Å². The van der Waals surface area contributed by atoms with Gasteiger partial charge in [-0.25, -0.2) is 0 Å². The van der Waals surface area contributed by atoms with E-state index < -0.39 is 0 Å². The zero-order chi connectivity index (χ0) is 12.3. The van der Waals surface area contributed by atoms with Gasteiger partial charge in [-0.3, -0.25) is 0 Å². The van der Waals surface area contributed by atoms with Crippen LogP contribution in [0.4, 0.5) is 0 Å². The summed E-state index contributed by atoms with van der Waals surface area (Å²) in [7, 11) is 3.38. The fraction of sp³-hybridized carbons (Fsp3) is 0.538. The minimum atomic E-state index is 0.208. The van der Waals surface area contributed by atoms with Crippen LogP contribution in [0.3, 0.4) is 0 Å². The highest BCUT2D eigenvalue weighted by molar-refractivity contribution is 8.00. The molecule has 4 heteroatoms.